The van der Waals surface area contributed by atoms with Gasteiger partial charge in [-0.05, 0) is 138 Å². The molecule has 4 atom stereocenters. The number of nitrogens with zero attached hydrogens (tertiary/aromatic N) is 1. The molecule has 56 heavy (non-hydrogen) atoms. The number of hydrogen-bond acceptors (Lipinski definition) is 7. The minimum absolute atomic E-state index is 0.0279. The Kier molecular flexibility index (Phi) is 12.1. The van der Waals surface area contributed by atoms with Crippen LogP contribution in [0.5, 0.6) is 17.2 Å². The minimum atomic E-state index is -0.480. The quantitative estimate of drug-likeness (QED) is 0.0577. The van der Waals surface area contributed by atoms with E-state index in [4.69, 9.17) is 19.9 Å². The first-order valence-corrected chi connectivity index (χ1v) is 19.7. The summed E-state index contributed by atoms with van der Waals surface area (Å²) in [7, 11) is 3.28. The second kappa shape index (κ2) is 17.7. The fraction of sp³-hybridized carbons (Fsp3) is 0.362. The van der Waals surface area contributed by atoms with E-state index < -0.39 is 6.10 Å². The smallest absolute Gasteiger partial charge is 0.192 e. The van der Waals surface area contributed by atoms with Crippen molar-refractivity contribution in [3.8, 4) is 29.3 Å². The van der Waals surface area contributed by atoms with E-state index in [-0.39, 0.29) is 41.5 Å². The van der Waals surface area contributed by atoms with E-state index >= 15 is 0 Å². The van der Waals surface area contributed by atoms with Crippen LogP contribution in [0.15, 0.2) is 95.7 Å². The number of methoxy groups -OCH3 is 1. The van der Waals surface area contributed by atoms with Crippen molar-refractivity contribution >= 4 is 28.2 Å². The summed E-state index contributed by atoms with van der Waals surface area (Å²) >= 11 is 0. The predicted octanol–water partition coefficient (Wildman–Crippen LogP) is 8.82. The first kappa shape index (κ1) is 38.4. The molecule has 4 aliphatic rings. The number of unbranched alkanes of at least 4 members (excludes halogenated alkanes) is 1. The van der Waals surface area contributed by atoms with Gasteiger partial charge in [0.25, 0.3) is 0 Å². The van der Waals surface area contributed by atoms with Gasteiger partial charge < -0.3 is 35.5 Å². The molecule has 0 fully saturated rings. The monoisotopic (exact) mass is 753 g/mol. The molecule has 5 N–H and O–H groups in total. The number of fused-ring (bicyclic) bond motifs is 7. The van der Waals surface area contributed by atoms with Gasteiger partial charge >= 0.3 is 0 Å². The van der Waals surface area contributed by atoms with Gasteiger partial charge in [0.2, 0.25) is 0 Å². The van der Waals surface area contributed by atoms with Gasteiger partial charge in [0.1, 0.15) is 36.1 Å². The zero-order chi connectivity index (χ0) is 39.0. The molecular weight excluding hydrogens is 703 g/mol. The number of carbonyl (C=O) groups excluding carboxylic acids is 1. The number of hydrogen-bond donors (Lipinski definition) is 4. The Hall–Kier alpha value is -5.88. The number of benzene rings is 4. The lowest BCUT2D eigenvalue weighted by Gasteiger charge is -2.28. The summed E-state index contributed by atoms with van der Waals surface area (Å²) in [5.74, 6) is 5.42. The van der Waals surface area contributed by atoms with Crippen molar-refractivity contribution < 1.29 is 29.2 Å². The molecule has 290 valence electrons. The lowest BCUT2D eigenvalue weighted by Crippen LogP contribution is -2.24. The maximum absolute atomic E-state index is 13.6. The van der Waals surface area contributed by atoms with Crippen LogP contribution in [-0.4, -0.2) is 42.2 Å². The Balaban J connectivity index is 1.10. The molecule has 8 bridgehead atoms. The number of ether oxygens (including phenoxy) is 3. The number of aliphatic hydroxyl groups excluding tert-OH is 1. The van der Waals surface area contributed by atoms with E-state index in [2.05, 4.69) is 52.7 Å². The van der Waals surface area contributed by atoms with Gasteiger partial charge in [-0.15, -0.1) is 0 Å². The van der Waals surface area contributed by atoms with Crippen molar-refractivity contribution in [1.29, 1.82) is 0 Å². The molecule has 4 aromatic rings. The average molecular weight is 754 g/mol. The van der Waals surface area contributed by atoms with Gasteiger partial charge in [0.05, 0.1) is 13.0 Å². The van der Waals surface area contributed by atoms with E-state index in [1.54, 1.807) is 26.3 Å². The SMILES string of the molecule is CN=C(N)Nc1cccc(CCCC[C@H]2C=CC(O)=C[C@H]2C[C@@H]2CC(=O)CCc3ccc(OC)c(c3)OCc3cc4c5c(c(O)ccc5c3)[C@@H](C#CO2)CC4)c1. The van der Waals surface area contributed by atoms with E-state index in [0.717, 1.165) is 77.2 Å². The number of nitrogens with one attached hydrogen (secondary N) is 1. The summed E-state index contributed by atoms with van der Waals surface area (Å²) < 4.78 is 18.3. The lowest BCUT2D eigenvalue weighted by atomic mass is 9.80. The molecule has 9 heteroatoms. The molecule has 4 aromatic carbocycles. The van der Waals surface area contributed by atoms with Gasteiger partial charge in [-0.2, -0.15) is 0 Å². The lowest BCUT2D eigenvalue weighted by molar-refractivity contribution is -0.121. The number of guanidine groups is 1. The van der Waals surface area contributed by atoms with E-state index in [1.165, 1.54) is 5.56 Å². The number of anilines is 1. The molecule has 8 rings (SSSR count). The number of Topliss-reactive ketones (excluding diaryl/α,β-unsaturated/α-hetero) is 1. The average Bonchev–Trinajstić information content (AvgIpc) is 3.20. The highest BCUT2D eigenvalue weighted by Crippen LogP contribution is 2.42. The van der Waals surface area contributed by atoms with E-state index in [1.807, 2.05) is 42.5 Å². The van der Waals surface area contributed by atoms with E-state index in [0.29, 0.717) is 43.3 Å². The third kappa shape index (κ3) is 9.31. The Morgan fingerprint density at radius 2 is 1.91 bits per heavy atom. The summed E-state index contributed by atoms with van der Waals surface area (Å²) in [6.45, 7) is 0.356. The number of aliphatic imine (C=N–C) groups is 1. The van der Waals surface area contributed by atoms with Crippen molar-refractivity contribution in [1.82, 2.24) is 0 Å². The van der Waals surface area contributed by atoms with Crippen molar-refractivity contribution in [3.63, 3.8) is 0 Å². The number of carbonyl (C=O) groups is 1. The van der Waals surface area contributed by atoms with Crippen LogP contribution in [0.1, 0.15) is 78.7 Å². The predicted molar refractivity (Wildman–Crippen MR) is 221 cm³/mol. The molecule has 9 nitrogen and oxygen atoms in total. The molecule has 0 saturated heterocycles. The normalized spacial score (nSPS) is 20.9. The van der Waals surface area contributed by atoms with Gasteiger partial charge in [0, 0.05) is 31.1 Å². The second-order valence-corrected chi connectivity index (χ2v) is 15.1. The number of aromatic hydroxyl groups is 1. The summed E-state index contributed by atoms with van der Waals surface area (Å²) in [5, 5.41) is 26.9. The van der Waals surface area contributed by atoms with Crippen molar-refractivity contribution in [3.05, 3.63) is 119 Å². The Morgan fingerprint density at radius 1 is 1.02 bits per heavy atom. The van der Waals surface area contributed by atoms with Crippen molar-refractivity contribution in [2.75, 3.05) is 19.5 Å². The molecule has 0 spiro atoms. The fourth-order valence-corrected chi connectivity index (χ4v) is 8.35. The summed E-state index contributed by atoms with van der Waals surface area (Å²) in [4.78, 5) is 17.6. The molecule has 0 amide bonds. The third-order valence-corrected chi connectivity index (χ3v) is 11.2. The maximum Gasteiger partial charge on any atom is 0.192 e. The van der Waals surface area contributed by atoms with E-state index in [9.17, 15) is 15.0 Å². The molecule has 2 aliphatic carbocycles. The molecule has 0 aromatic heterocycles. The number of aliphatic hydroxyl groups is 1. The van der Waals surface area contributed by atoms with Gasteiger partial charge in [0.15, 0.2) is 17.5 Å². The highest BCUT2D eigenvalue weighted by Gasteiger charge is 2.28. The number of ketones is 1. The molecular formula is C47H51N3O6. The zero-order valence-electron chi connectivity index (χ0n) is 32.2. The Bertz CT molecular complexity index is 2230. The summed E-state index contributed by atoms with van der Waals surface area (Å²) in [5.41, 5.74) is 12.0. The van der Waals surface area contributed by atoms with Gasteiger partial charge in [-0.1, -0.05) is 48.7 Å². The van der Waals surface area contributed by atoms with Crippen molar-refractivity contribution in [2.45, 2.75) is 82.8 Å². The second-order valence-electron chi connectivity index (χ2n) is 15.1. The third-order valence-electron chi connectivity index (χ3n) is 11.2. The Labute approximate surface area is 329 Å². The van der Waals surface area contributed by atoms with Crippen LogP contribution < -0.4 is 20.5 Å². The number of phenolic OH excluding ortho intramolecular Hbond substituents is 1. The van der Waals surface area contributed by atoms with Crippen LogP contribution in [0, 0.1) is 23.9 Å². The van der Waals surface area contributed by atoms with Crippen LogP contribution in [-0.2, 0) is 35.4 Å². The van der Waals surface area contributed by atoms with Crippen LogP contribution in [0.4, 0.5) is 5.69 Å². The summed E-state index contributed by atoms with van der Waals surface area (Å²) in [6.07, 6.45) is 15.3. The maximum atomic E-state index is 13.6. The molecule has 0 unspecified atom stereocenters. The van der Waals surface area contributed by atoms with Crippen LogP contribution in [0.2, 0.25) is 0 Å². The summed E-state index contributed by atoms with van der Waals surface area (Å²) in [6, 6.07) is 22.0. The highest BCUT2D eigenvalue weighted by molar-refractivity contribution is 5.93. The minimum Gasteiger partial charge on any atom is -0.508 e. The van der Waals surface area contributed by atoms with Crippen molar-refractivity contribution in [2.24, 2.45) is 22.6 Å². The van der Waals surface area contributed by atoms with Crippen LogP contribution in [0.25, 0.3) is 10.8 Å². The number of aryl methyl sites for hydroxylation is 3. The number of phenols is 1. The molecule has 0 saturated carbocycles. The topological polar surface area (TPSA) is 136 Å². The Morgan fingerprint density at radius 3 is 2.77 bits per heavy atom. The first-order valence-electron chi connectivity index (χ1n) is 19.7. The zero-order valence-corrected chi connectivity index (χ0v) is 32.2. The molecule has 2 aliphatic heterocycles. The van der Waals surface area contributed by atoms with Gasteiger partial charge in [-0.3, -0.25) is 9.79 Å². The first-order chi connectivity index (χ1) is 27.3. The van der Waals surface area contributed by atoms with Crippen LogP contribution in [0.3, 0.4) is 0 Å². The van der Waals surface area contributed by atoms with Gasteiger partial charge in [-0.25, -0.2) is 0 Å². The molecule has 0 radical (unpaired) electrons. The van der Waals surface area contributed by atoms with Crippen LogP contribution >= 0.6 is 0 Å². The molecule has 2 heterocycles. The number of nitrogens with two attached hydrogens (primary N) is 1. The number of rotatable bonds is 9. The highest BCUT2D eigenvalue weighted by atomic mass is 16.5. The number of allylic oxidation sites excluding steroid dienone is 3. The fourth-order valence-electron chi connectivity index (χ4n) is 8.35. The standard InChI is InChI=1S/C47H51N3O6/c1-49-47(48)50-38-9-5-7-30(24-38)6-3-4-8-33-14-17-39(51)26-37(33)27-41-28-40(52)16-10-31-11-19-43(54-2)44(25-31)56-29-32-22-35-13-12-34(20-21-55-41)46-42(53)18-15-36(23-32)45(35)46/h5,7,9,11,14-15,17-19,22-26,33-34,37,41,51,53H,3-4,6,8,10,12-13,16,27-29H2,1-2H3,(H3,48,49,50)/t33-,34+,37-,41+/m0/s1. The largest absolute Gasteiger partial charge is 0.508 e.